The van der Waals surface area contributed by atoms with Gasteiger partial charge in [0, 0.05) is 49.5 Å². The van der Waals surface area contributed by atoms with Crippen LogP contribution in [0, 0.1) is 0 Å². The molecule has 0 unspecified atom stereocenters. The lowest BCUT2D eigenvalue weighted by atomic mass is 10.0. The standard InChI is InChI=1S/C26H22N8O/c35-25(22-18-24(19-10-12-27-13-11-19)28-23-9-5-4-8-21(22)23)32-14-16-33(17-15-32)26-29-30-31-34(26)20-6-2-1-3-7-20/h1-13,18H,14-17H2. The molecule has 0 radical (unpaired) electrons. The van der Waals surface area contributed by atoms with E-state index in [0.717, 1.165) is 27.8 Å². The largest absolute Gasteiger partial charge is 0.336 e. The van der Waals surface area contributed by atoms with E-state index in [1.807, 2.05) is 77.7 Å². The van der Waals surface area contributed by atoms with Crippen LogP contribution in [-0.2, 0) is 0 Å². The lowest BCUT2D eigenvalue weighted by Gasteiger charge is -2.35. The van der Waals surface area contributed by atoms with E-state index in [0.29, 0.717) is 37.7 Å². The van der Waals surface area contributed by atoms with Crippen LogP contribution >= 0.6 is 0 Å². The van der Waals surface area contributed by atoms with Gasteiger partial charge in [0.1, 0.15) is 0 Å². The minimum atomic E-state index is 0.00112. The molecule has 5 aromatic rings. The fourth-order valence-electron chi connectivity index (χ4n) is 4.42. The lowest BCUT2D eigenvalue weighted by Crippen LogP contribution is -2.49. The molecule has 0 N–H and O–H groups in total. The van der Waals surface area contributed by atoms with Crippen LogP contribution in [0.25, 0.3) is 27.8 Å². The molecule has 1 aliphatic rings. The summed E-state index contributed by atoms with van der Waals surface area (Å²) in [5.74, 6) is 0.679. The smallest absolute Gasteiger partial charge is 0.254 e. The molecule has 0 atom stereocenters. The Kier molecular flexibility index (Phi) is 5.34. The number of anilines is 1. The van der Waals surface area contributed by atoms with Crippen molar-refractivity contribution in [3.8, 4) is 16.9 Å². The first kappa shape index (κ1) is 20.9. The van der Waals surface area contributed by atoms with Gasteiger partial charge in [-0.15, -0.1) is 0 Å². The Morgan fingerprint density at radius 2 is 1.57 bits per heavy atom. The van der Waals surface area contributed by atoms with Crippen molar-refractivity contribution < 1.29 is 4.79 Å². The van der Waals surface area contributed by atoms with E-state index in [2.05, 4.69) is 25.4 Å². The van der Waals surface area contributed by atoms with E-state index in [1.165, 1.54) is 0 Å². The number of fused-ring (bicyclic) bond motifs is 1. The zero-order valence-corrected chi connectivity index (χ0v) is 18.9. The van der Waals surface area contributed by atoms with Crippen LogP contribution < -0.4 is 4.90 Å². The molecule has 1 fully saturated rings. The summed E-state index contributed by atoms with van der Waals surface area (Å²) in [4.78, 5) is 26.6. The van der Waals surface area contributed by atoms with E-state index in [-0.39, 0.29) is 5.91 Å². The Balaban J connectivity index is 1.26. The Morgan fingerprint density at radius 1 is 0.829 bits per heavy atom. The summed E-state index contributed by atoms with van der Waals surface area (Å²) < 4.78 is 1.73. The summed E-state index contributed by atoms with van der Waals surface area (Å²) in [5, 5.41) is 13.1. The van der Waals surface area contributed by atoms with Gasteiger partial charge in [-0.2, -0.15) is 4.68 Å². The van der Waals surface area contributed by atoms with Gasteiger partial charge in [-0.05, 0) is 46.8 Å². The molecular formula is C26H22N8O. The average molecular weight is 463 g/mol. The number of piperazine rings is 1. The van der Waals surface area contributed by atoms with Crippen molar-refractivity contribution >= 4 is 22.8 Å². The summed E-state index contributed by atoms with van der Waals surface area (Å²) >= 11 is 0. The van der Waals surface area contributed by atoms with E-state index >= 15 is 0 Å². The number of pyridine rings is 2. The lowest BCUT2D eigenvalue weighted by molar-refractivity contribution is 0.0748. The molecule has 4 heterocycles. The topological polar surface area (TPSA) is 92.9 Å². The monoisotopic (exact) mass is 462 g/mol. The van der Waals surface area contributed by atoms with Gasteiger partial charge in [0.25, 0.3) is 5.91 Å². The number of hydrogen-bond acceptors (Lipinski definition) is 7. The number of carbonyl (C=O) groups is 1. The maximum atomic E-state index is 13.7. The minimum Gasteiger partial charge on any atom is -0.336 e. The predicted molar refractivity (Wildman–Crippen MR) is 132 cm³/mol. The SMILES string of the molecule is O=C(c1cc(-c2ccncc2)nc2ccccc12)N1CCN(c2nnnn2-c2ccccc2)CC1. The summed E-state index contributed by atoms with van der Waals surface area (Å²) in [6, 6.07) is 23.3. The van der Waals surface area contributed by atoms with Crippen LogP contribution in [-0.4, -0.2) is 67.2 Å². The second kappa shape index (κ2) is 8.94. The summed E-state index contributed by atoms with van der Waals surface area (Å²) in [6.45, 7) is 2.42. The van der Waals surface area contributed by atoms with Crippen molar-refractivity contribution in [3.05, 3.63) is 90.8 Å². The fourth-order valence-corrected chi connectivity index (χ4v) is 4.42. The van der Waals surface area contributed by atoms with Gasteiger partial charge in [-0.1, -0.05) is 41.5 Å². The van der Waals surface area contributed by atoms with Gasteiger partial charge in [0.05, 0.1) is 22.5 Å². The molecule has 1 amide bonds. The van der Waals surface area contributed by atoms with Gasteiger partial charge >= 0.3 is 0 Å². The molecule has 3 aromatic heterocycles. The number of benzene rings is 2. The van der Waals surface area contributed by atoms with Crippen molar-refractivity contribution in [1.29, 1.82) is 0 Å². The molecule has 172 valence electrons. The van der Waals surface area contributed by atoms with Crippen molar-refractivity contribution in [2.75, 3.05) is 31.1 Å². The molecule has 1 saturated heterocycles. The number of para-hydroxylation sites is 2. The molecule has 35 heavy (non-hydrogen) atoms. The number of amides is 1. The molecule has 1 aliphatic heterocycles. The van der Waals surface area contributed by atoms with E-state index in [4.69, 9.17) is 4.98 Å². The van der Waals surface area contributed by atoms with Crippen molar-refractivity contribution in [2.24, 2.45) is 0 Å². The van der Waals surface area contributed by atoms with Gasteiger partial charge in [0.15, 0.2) is 0 Å². The first-order chi connectivity index (χ1) is 17.3. The molecule has 0 saturated carbocycles. The van der Waals surface area contributed by atoms with Crippen LogP contribution in [0.15, 0.2) is 85.2 Å². The highest BCUT2D eigenvalue weighted by atomic mass is 16.2. The third kappa shape index (κ3) is 3.97. The van der Waals surface area contributed by atoms with E-state index in [9.17, 15) is 4.79 Å². The second-order valence-electron chi connectivity index (χ2n) is 8.31. The third-order valence-electron chi connectivity index (χ3n) is 6.23. The van der Waals surface area contributed by atoms with Crippen molar-refractivity contribution in [1.82, 2.24) is 35.1 Å². The number of aromatic nitrogens is 6. The summed E-state index contributed by atoms with van der Waals surface area (Å²) in [6.07, 6.45) is 3.46. The van der Waals surface area contributed by atoms with Gasteiger partial charge in [-0.3, -0.25) is 9.78 Å². The second-order valence-corrected chi connectivity index (χ2v) is 8.31. The Hall–Kier alpha value is -4.66. The van der Waals surface area contributed by atoms with E-state index in [1.54, 1.807) is 17.1 Å². The average Bonchev–Trinajstić information content (AvgIpc) is 3.43. The number of hydrogen-bond donors (Lipinski definition) is 0. The fraction of sp³-hybridized carbons (Fsp3) is 0.154. The first-order valence-corrected chi connectivity index (χ1v) is 11.5. The van der Waals surface area contributed by atoms with Crippen LogP contribution in [0.5, 0.6) is 0 Å². The number of tetrazole rings is 1. The van der Waals surface area contributed by atoms with Crippen LogP contribution in [0.1, 0.15) is 10.4 Å². The molecule has 0 spiro atoms. The third-order valence-corrected chi connectivity index (χ3v) is 6.23. The molecule has 2 aromatic carbocycles. The van der Waals surface area contributed by atoms with E-state index < -0.39 is 0 Å². The highest BCUT2D eigenvalue weighted by Gasteiger charge is 2.27. The molecule has 0 bridgehead atoms. The Morgan fingerprint density at radius 3 is 2.37 bits per heavy atom. The van der Waals surface area contributed by atoms with Crippen LogP contribution in [0.2, 0.25) is 0 Å². The minimum absolute atomic E-state index is 0.00112. The van der Waals surface area contributed by atoms with Crippen molar-refractivity contribution in [3.63, 3.8) is 0 Å². The van der Waals surface area contributed by atoms with Gasteiger partial charge < -0.3 is 9.80 Å². The maximum Gasteiger partial charge on any atom is 0.254 e. The number of nitrogens with zero attached hydrogens (tertiary/aromatic N) is 8. The molecule has 0 aliphatic carbocycles. The molecular weight excluding hydrogens is 440 g/mol. The highest BCUT2D eigenvalue weighted by molar-refractivity contribution is 6.07. The van der Waals surface area contributed by atoms with Gasteiger partial charge in [-0.25, -0.2) is 4.98 Å². The highest BCUT2D eigenvalue weighted by Crippen LogP contribution is 2.26. The van der Waals surface area contributed by atoms with Crippen LogP contribution in [0.3, 0.4) is 0 Å². The van der Waals surface area contributed by atoms with Crippen molar-refractivity contribution in [2.45, 2.75) is 0 Å². The Labute approximate surface area is 201 Å². The normalized spacial score (nSPS) is 13.8. The molecule has 9 nitrogen and oxygen atoms in total. The maximum absolute atomic E-state index is 13.7. The zero-order valence-electron chi connectivity index (χ0n) is 18.9. The zero-order chi connectivity index (χ0) is 23.6. The predicted octanol–water partition coefficient (Wildman–Crippen LogP) is 3.23. The Bertz CT molecular complexity index is 1480. The quantitative estimate of drug-likeness (QED) is 0.405. The summed E-state index contributed by atoms with van der Waals surface area (Å²) in [7, 11) is 0. The molecule has 6 rings (SSSR count). The summed E-state index contributed by atoms with van der Waals surface area (Å²) in [5.41, 5.74) is 4.04. The number of rotatable bonds is 4. The first-order valence-electron chi connectivity index (χ1n) is 11.5. The number of carbonyl (C=O) groups excluding carboxylic acids is 1. The molecule has 9 heteroatoms. The van der Waals surface area contributed by atoms with Gasteiger partial charge in [0.2, 0.25) is 5.95 Å². The van der Waals surface area contributed by atoms with Crippen LogP contribution in [0.4, 0.5) is 5.95 Å².